The van der Waals surface area contributed by atoms with Crippen molar-refractivity contribution in [2.45, 2.75) is 507 Å². The lowest BCUT2D eigenvalue weighted by Crippen LogP contribution is -2.24. The first kappa shape index (κ1) is 95.8. The van der Waals surface area contributed by atoms with Crippen molar-refractivity contribution >= 4 is 86.9 Å². The van der Waals surface area contributed by atoms with Gasteiger partial charge in [0.05, 0.1) is 56.0 Å². The molecule has 0 amide bonds. The molecule has 0 aromatic heterocycles. The summed E-state index contributed by atoms with van der Waals surface area (Å²) in [6, 6.07) is 2.43. The van der Waals surface area contributed by atoms with Gasteiger partial charge >= 0.3 is 0 Å². The number of thiocarbonyl (C=S) groups is 5. The molecule has 0 bridgehead atoms. The minimum atomic E-state index is 0.483. The van der Waals surface area contributed by atoms with Gasteiger partial charge in [-0.3, -0.25) is 0 Å². The summed E-state index contributed by atoms with van der Waals surface area (Å²) >= 11 is 23.7. The molecule has 0 radical (unpaired) electrons. The number of isothiocyanates is 5. The average Bonchev–Trinajstić information content (AvgIpc) is 0.889. The molecule has 10 aliphatic carbocycles. The zero-order chi connectivity index (χ0) is 76.5. The Hall–Kier alpha value is -1.00. The molecule has 10 saturated carbocycles. The Kier molecular flexibility index (Phi) is 56.1. The van der Waals surface area contributed by atoms with Crippen LogP contribution in [0, 0.1) is 82.9 Å². The van der Waals surface area contributed by atoms with E-state index >= 15 is 0 Å². The number of hydrogen-bond acceptors (Lipinski definition) is 10. The number of unbranched alkanes of at least 4 members (excludes halogenated alkanes) is 5. The zero-order valence-corrected chi connectivity index (χ0v) is 75.3. The summed E-state index contributed by atoms with van der Waals surface area (Å²) in [6.45, 7) is 9.53. The first-order valence-corrected chi connectivity index (χ1v) is 50.6. The number of rotatable bonds is 39. The van der Waals surface area contributed by atoms with E-state index in [4.69, 9.17) is 61.1 Å². The van der Waals surface area contributed by atoms with Gasteiger partial charge in [-0.1, -0.05) is 349 Å². The van der Waals surface area contributed by atoms with Gasteiger partial charge in [-0.2, -0.15) is 0 Å². The molecule has 0 saturated heterocycles. The molecule has 0 spiro atoms. The minimum absolute atomic E-state index is 0.483. The van der Waals surface area contributed by atoms with Crippen LogP contribution in [-0.4, -0.2) is 56.0 Å². The summed E-state index contributed by atoms with van der Waals surface area (Å²) in [5.41, 5.74) is 0. The summed E-state index contributed by atoms with van der Waals surface area (Å²) in [6.07, 6.45) is 100. The van der Waals surface area contributed by atoms with Crippen LogP contribution in [0.15, 0.2) is 25.0 Å². The average molecular weight is 1580 g/mol. The Morgan fingerprint density at radius 2 is 0.472 bits per heavy atom. The van der Waals surface area contributed by atoms with Crippen LogP contribution in [0.25, 0.3) is 0 Å². The van der Waals surface area contributed by atoms with Gasteiger partial charge in [0.2, 0.25) is 0 Å². The summed E-state index contributed by atoms with van der Waals surface area (Å²) in [5, 5.41) is 12.9. The molecule has 10 aliphatic rings. The lowest BCUT2D eigenvalue weighted by Gasteiger charge is -2.33. The highest BCUT2D eigenvalue weighted by atomic mass is 32.1. The third-order valence-corrected chi connectivity index (χ3v) is 31.1. The minimum Gasteiger partial charge on any atom is -0.229 e. The number of nitrogens with zero attached hydrogens (tertiary/aromatic N) is 5. The second-order valence-electron chi connectivity index (χ2n) is 38.2. The Bertz CT molecular complexity index is 2400. The maximum absolute atomic E-state index is 4.80. The van der Waals surface area contributed by atoms with Gasteiger partial charge in [-0.05, 0) is 272 Å². The number of hydrogen-bond donors (Lipinski definition) is 0. The molecule has 10 heteroatoms. The third kappa shape index (κ3) is 42.7. The maximum atomic E-state index is 4.80. The van der Waals surface area contributed by atoms with E-state index in [9.17, 15) is 0 Å². The Labute approximate surface area is 696 Å². The van der Waals surface area contributed by atoms with Crippen LogP contribution < -0.4 is 0 Å². The van der Waals surface area contributed by atoms with E-state index in [2.05, 4.69) is 78.5 Å². The van der Waals surface area contributed by atoms with E-state index in [-0.39, 0.29) is 0 Å². The summed E-state index contributed by atoms with van der Waals surface area (Å²) in [4.78, 5) is 21.5. The van der Waals surface area contributed by atoms with Crippen molar-refractivity contribution in [3.63, 3.8) is 0 Å². The summed E-state index contributed by atoms with van der Waals surface area (Å²) in [5.74, 6) is 13.9. The molecule has 4 unspecified atom stereocenters. The normalized spacial score (nSPS) is 28.0. The highest BCUT2D eigenvalue weighted by molar-refractivity contribution is 7.78. The van der Waals surface area contributed by atoms with Crippen LogP contribution in [0.3, 0.4) is 0 Å². The molecule has 5 nitrogen and oxygen atoms in total. The monoisotopic (exact) mass is 1580 g/mol. The van der Waals surface area contributed by atoms with E-state index in [1.165, 1.54) is 449 Å². The molecular weight excluding hydrogens is 1410 g/mol. The fourth-order valence-corrected chi connectivity index (χ4v) is 24.1. The molecule has 0 heterocycles. The Morgan fingerprint density at radius 3 is 0.769 bits per heavy atom. The van der Waals surface area contributed by atoms with Gasteiger partial charge in [-0.25, -0.2) is 25.0 Å². The predicted molar refractivity (Wildman–Crippen MR) is 489 cm³/mol. The second kappa shape index (κ2) is 63.2. The van der Waals surface area contributed by atoms with Crippen LogP contribution in [0.1, 0.15) is 477 Å². The van der Waals surface area contributed by atoms with Crippen LogP contribution in [0.2, 0.25) is 0 Å². The largest absolute Gasteiger partial charge is 0.229 e. The van der Waals surface area contributed by atoms with Crippen molar-refractivity contribution in [1.29, 1.82) is 0 Å². The van der Waals surface area contributed by atoms with E-state index in [1.807, 2.05) is 0 Å². The van der Waals surface area contributed by atoms with Crippen LogP contribution >= 0.6 is 61.1 Å². The molecule has 10 fully saturated rings. The van der Waals surface area contributed by atoms with Crippen molar-refractivity contribution in [2.75, 3.05) is 0 Å². The van der Waals surface area contributed by atoms with Crippen molar-refractivity contribution in [3.05, 3.63) is 0 Å². The van der Waals surface area contributed by atoms with Gasteiger partial charge in [0.1, 0.15) is 0 Å². The number of aliphatic imine (C=N–C) groups is 5. The molecule has 0 aromatic rings. The van der Waals surface area contributed by atoms with Crippen LogP contribution in [0.4, 0.5) is 0 Å². The van der Waals surface area contributed by atoms with Gasteiger partial charge in [0.15, 0.2) is 0 Å². The SMILES string of the molecule is CC(CCCC1CCCCC1)C1CCC(N=C=S)CC1.CCC(CCCC1CCCCC1)C1CCC(N=C=S)CC1.CCCCC(CCCC1CCCCC1)C1CCC(N=C=S)CC1.CCCCCCC(CCCC1CCCCC1)C1CCC(N=C=S)CC1.S=C=NC1CCC(CCCCC2CCCCC2)CC1. The predicted octanol–water partition coefficient (Wildman–Crippen LogP) is 33.4. The summed E-state index contributed by atoms with van der Waals surface area (Å²) < 4.78 is 0. The smallest absolute Gasteiger partial charge is 0.0603 e. The molecule has 0 aromatic carbocycles. The third-order valence-electron chi connectivity index (χ3n) is 30.6. The van der Waals surface area contributed by atoms with Gasteiger partial charge in [0, 0.05) is 0 Å². The molecule has 0 aliphatic heterocycles. The maximum Gasteiger partial charge on any atom is 0.0603 e. The van der Waals surface area contributed by atoms with Crippen LogP contribution in [-0.2, 0) is 0 Å². The molecular formula is C98H171N5S5. The summed E-state index contributed by atoms with van der Waals surface area (Å²) in [7, 11) is 0. The lowest BCUT2D eigenvalue weighted by molar-refractivity contribution is 0.199. The molecule has 108 heavy (non-hydrogen) atoms. The molecule has 10 rings (SSSR count). The highest BCUT2D eigenvalue weighted by Gasteiger charge is 2.32. The second-order valence-corrected chi connectivity index (χ2v) is 39.1. The van der Waals surface area contributed by atoms with E-state index in [0.29, 0.717) is 30.2 Å². The first-order chi connectivity index (χ1) is 53.2. The topological polar surface area (TPSA) is 61.8 Å². The zero-order valence-electron chi connectivity index (χ0n) is 71.2. The Balaban J connectivity index is 0.000000212. The Morgan fingerprint density at radius 1 is 0.231 bits per heavy atom. The molecule has 618 valence electrons. The molecule has 4 atom stereocenters. The van der Waals surface area contributed by atoms with Gasteiger partial charge in [0.25, 0.3) is 0 Å². The van der Waals surface area contributed by atoms with E-state index in [1.54, 1.807) is 0 Å². The highest BCUT2D eigenvalue weighted by Crippen LogP contribution is 2.43. The standard InChI is InChI=1S/C23H41NS.C21H37NS.C19H33NS.C18H31NS.C17H29NS/c1-2-3-4-8-13-21(14-9-12-20-10-6-5-7-11-20)22-15-17-23(18-16-22)24-19-25;1-2-3-11-19(12-7-10-18-8-5-4-6-9-18)20-13-15-21(16-14-20)22-17-23;1-2-17(10-6-9-16-7-4-3-5-8-16)18-11-13-19(14-12-18)20-15-21;1-15(6-5-9-16-7-3-2-4-8-16)17-10-12-18(13-11-17)19-14-20;19-14-18-17-12-10-16(11-13-17)9-5-4-8-15-6-2-1-3-7-15/h20-23H,2-18H2,1H3;18-21H,2-16H2,1H3;16-19H,2-14H2,1H3;15-18H,2-13H2,1H3;15-17H,1-13H2. The van der Waals surface area contributed by atoms with E-state index in [0.717, 1.165) is 82.9 Å². The van der Waals surface area contributed by atoms with Crippen molar-refractivity contribution in [3.8, 4) is 0 Å². The van der Waals surface area contributed by atoms with Crippen molar-refractivity contribution in [2.24, 2.45) is 108 Å². The van der Waals surface area contributed by atoms with Crippen molar-refractivity contribution in [1.82, 2.24) is 0 Å². The fourth-order valence-electron chi connectivity index (χ4n) is 23.4. The van der Waals surface area contributed by atoms with Crippen LogP contribution in [0.5, 0.6) is 0 Å². The van der Waals surface area contributed by atoms with Gasteiger partial charge in [-0.15, -0.1) is 0 Å². The fraction of sp³-hybridized carbons (Fsp3) is 0.949. The van der Waals surface area contributed by atoms with Gasteiger partial charge < -0.3 is 0 Å². The van der Waals surface area contributed by atoms with Crippen molar-refractivity contribution < 1.29 is 0 Å². The quantitative estimate of drug-likeness (QED) is 0.0349. The molecule has 0 N–H and O–H groups in total. The lowest BCUT2D eigenvalue weighted by atomic mass is 9.74. The first-order valence-electron chi connectivity index (χ1n) is 48.5. The van der Waals surface area contributed by atoms with E-state index < -0.39 is 0 Å².